The van der Waals surface area contributed by atoms with Gasteiger partial charge in [0.05, 0.1) is 10.4 Å². The van der Waals surface area contributed by atoms with Crippen LogP contribution in [0.25, 0.3) is 11.0 Å². The molecule has 0 aliphatic rings. The summed E-state index contributed by atoms with van der Waals surface area (Å²) in [5.74, 6) is -1.60. The average molecular weight is 291 g/mol. The van der Waals surface area contributed by atoms with E-state index in [2.05, 4.69) is 4.98 Å². The van der Waals surface area contributed by atoms with E-state index < -0.39 is 28.2 Å². The number of nitrogens with zero attached hydrogens (tertiary/aromatic N) is 3. The van der Waals surface area contributed by atoms with Gasteiger partial charge in [0.1, 0.15) is 11.4 Å². The standard InChI is InChI=1S/C11H9F4N3O2/c1-3-17-5(2)16-7-4-6(11(13,14)15)8(12)10(9(7)17)18(19)20/h4H,3H2,1-2H3. The minimum Gasteiger partial charge on any atom is -0.323 e. The minimum atomic E-state index is -5.02. The lowest BCUT2D eigenvalue weighted by molar-refractivity contribution is -0.386. The van der Waals surface area contributed by atoms with Gasteiger partial charge >= 0.3 is 11.9 Å². The maximum atomic E-state index is 13.9. The van der Waals surface area contributed by atoms with E-state index in [9.17, 15) is 27.7 Å². The van der Waals surface area contributed by atoms with Crippen molar-refractivity contribution >= 4 is 16.7 Å². The summed E-state index contributed by atoms with van der Waals surface area (Å²) < 4.78 is 53.3. The summed E-state index contributed by atoms with van der Waals surface area (Å²) in [7, 11) is 0. The molecule has 0 amide bonds. The number of hydrogen-bond donors (Lipinski definition) is 0. The van der Waals surface area contributed by atoms with Crippen molar-refractivity contribution in [2.75, 3.05) is 0 Å². The molecule has 0 aliphatic carbocycles. The average Bonchev–Trinajstić information content (AvgIpc) is 2.61. The second-order valence-corrected chi connectivity index (χ2v) is 4.11. The lowest BCUT2D eigenvalue weighted by Crippen LogP contribution is -2.11. The van der Waals surface area contributed by atoms with E-state index in [1.165, 1.54) is 11.5 Å². The van der Waals surface area contributed by atoms with E-state index in [0.29, 0.717) is 6.07 Å². The molecule has 0 aliphatic heterocycles. The highest BCUT2D eigenvalue weighted by molar-refractivity contribution is 5.87. The zero-order valence-corrected chi connectivity index (χ0v) is 10.5. The van der Waals surface area contributed by atoms with Crippen LogP contribution in [0.5, 0.6) is 0 Å². The van der Waals surface area contributed by atoms with E-state index in [1.807, 2.05) is 0 Å². The molecular weight excluding hydrogens is 282 g/mol. The Hall–Kier alpha value is -2.19. The Bertz CT molecular complexity index is 706. The number of nitro benzene ring substituents is 1. The number of benzene rings is 1. The van der Waals surface area contributed by atoms with Gasteiger partial charge in [-0.15, -0.1) is 0 Å². The Morgan fingerprint density at radius 3 is 2.50 bits per heavy atom. The first-order valence-electron chi connectivity index (χ1n) is 5.59. The third kappa shape index (κ3) is 1.98. The Morgan fingerprint density at radius 2 is 2.05 bits per heavy atom. The summed E-state index contributed by atoms with van der Waals surface area (Å²) in [6.07, 6.45) is -5.02. The molecular formula is C11H9F4N3O2. The van der Waals surface area contributed by atoms with Crippen LogP contribution in [-0.4, -0.2) is 14.5 Å². The van der Waals surface area contributed by atoms with Gasteiger partial charge in [-0.1, -0.05) is 0 Å². The zero-order valence-electron chi connectivity index (χ0n) is 10.5. The zero-order chi connectivity index (χ0) is 15.2. The monoisotopic (exact) mass is 291 g/mol. The summed E-state index contributed by atoms with van der Waals surface area (Å²) in [6, 6.07) is 0.497. The molecule has 1 aromatic heterocycles. The van der Waals surface area contributed by atoms with Gasteiger partial charge in [-0.2, -0.15) is 17.6 Å². The maximum absolute atomic E-state index is 13.9. The molecule has 1 heterocycles. The first kappa shape index (κ1) is 14.2. The lowest BCUT2D eigenvalue weighted by Gasteiger charge is -2.09. The van der Waals surface area contributed by atoms with Crippen molar-refractivity contribution in [1.29, 1.82) is 0 Å². The molecule has 5 nitrogen and oxygen atoms in total. The fraction of sp³-hybridized carbons (Fsp3) is 0.364. The molecule has 2 aromatic rings. The summed E-state index contributed by atoms with van der Waals surface area (Å²) in [5, 5.41) is 10.9. The van der Waals surface area contributed by atoms with Crippen LogP contribution >= 0.6 is 0 Å². The number of nitro groups is 1. The van der Waals surface area contributed by atoms with E-state index in [1.54, 1.807) is 6.92 Å². The van der Waals surface area contributed by atoms with E-state index in [-0.39, 0.29) is 23.4 Å². The largest absolute Gasteiger partial charge is 0.419 e. The molecule has 20 heavy (non-hydrogen) atoms. The van der Waals surface area contributed by atoms with Crippen molar-refractivity contribution in [3.63, 3.8) is 0 Å². The number of halogens is 4. The Labute approximate surface area is 110 Å². The molecule has 2 rings (SSSR count). The fourth-order valence-corrected chi connectivity index (χ4v) is 2.13. The van der Waals surface area contributed by atoms with E-state index >= 15 is 0 Å². The van der Waals surface area contributed by atoms with Crippen molar-refractivity contribution < 1.29 is 22.5 Å². The number of fused-ring (bicyclic) bond motifs is 1. The molecule has 0 atom stereocenters. The van der Waals surface area contributed by atoms with Gasteiger partial charge in [-0.25, -0.2) is 4.98 Å². The van der Waals surface area contributed by atoms with Crippen molar-refractivity contribution in [3.8, 4) is 0 Å². The molecule has 0 unspecified atom stereocenters. The highest BCUT2D eigenvalue weighted by atomic mass is 19.4. The van der Waals surface area contributed by atoms with Crippen molar-refractivity contribution in [1.82, 2.24) is 9.55 Å². The Kier molecular flexibility index (Phi) is 3.15. The molecule has 108 valence electrons. The SMILES string of the molecule is CCn1c(C)nc2cc(C(F)(F)F)c(F)c([N+](=O)[O-])c21. The minimum absolute atomic E-state index is 0.230. The number of hydrogen-bond acceptors (Lipinski definition) is 3. The quantitative estimate of drug-likeness (QED) is 0.484. The van der Waals surface area contributed by atoms with Crippen molar-refractivity contribution in [3.05, 3.63) is 33.4 Å². The highest BCUT2D eigenvalue weighted by Gasteiger charge is 2.40. The van der Waals surface area contributed by atoms with E-state index in [4.69, 9.17) is 0 Å². The Morgan fingerprint density at radius 1 is 1.45 bits per heavy atom. The number of imidazole rings is 1. The molecule has 1 aromatic carbocycles. The molecule has 0 saturated carbocycles. The number of aromatic nitrogens is 2. The van der Waals surface area contributed by atoms with Gasteiger partial charge in [0.2, 0.25) is 5.82 Å². The topological polar surface area (TPSA) is 61.0 Å². The van der Waals surface area contributed by atoms with Crippen LogP contribution in [0, 0.1) is 22.9 Å². The van der Waals surface area contributed by atoms with Crippen LogP contribution in [0.4, 0.5) is 23.2 Å². The third-order valence-corrected chi connectivity index (χ3v) is 2.94. The van der Waals surface area contributed by atoms with Crippen molar-refractivity contribution in [2.24, 2.45) is 0 Å². The van der Waals surface area contributed by atoms with Gasteiger partial charge in [0.25, 0.3) is 0 Å². The summed E-state index contributed by atoms with van der Waals surface area (Å²) >= 11 is 0. The normalized spacial score (nSPS) is 12.1. The molecule has 0 N–H and O–H groups in total. The summed E-state index contributed by atoms with van der Waals surface area (Å²) in [6.45, 7) is 3.35. The second-order valence-electron chi connectivity index (χ2n) is 4.11. The molecule has 0 saturated heterocycles. The van der Waals surface area contributed by atoms with Gasteiger partial charge in [0.15, 0.2) is 5.52 Å². The Balaban J connectivity index is 2.99. The maximum Gasteiger partial charge on any atom is 0.419 e. The van der Waals surface area contributed by atoms with Crippen LogP contribution in [-0.2, 0) is 12.7 Å². The number of aryl methyl sites for hydroxylation is 2. The van der Waals surface area contributed by atoms with Crippen LogP contribution < -0.4 is 0 Å². The highest BCUT2D eigenvalue weighted by Crippen LogP contribution is 2.39. The summed E-state index contributed by atoms with van der Waals surface area (Å²) in [4.78, 5) is 13.6. The third-order valence-electron chi connectivity index (χ3n) is 2.94. The van der Waals surface area contributed by atoms with Gasteiger partial charge in [-0.3, -0.25) is 10.1 Å². The van der Waals surface area contributed by atoms with Crippen LogP contribution in [0.3, 0.4) is 0 Å². The second kappa shape index (κ2) is 4.43. The molecule has 0 fully saturated rings. The predicted molar refractivity (Wildman–Crippen MR) is 61.8 cm³/mol. The number of alkyl halides is 3. The van der Waals surface area contributed by atoms with Gasteiger partial charge < -0.3 is 4.57 Å². The van der Waals surface area contributed by atoms with Crippen LogP contribution in [0.2, 0.25) is 0 Å². The first-order valence-corrected chi connectivity index (χ1v) is 5.59. The molecule has 0 radical (unpaired) electrons. The molecule has 0 spiro atoms. The van der Waals surface area contributed by atoms with Crippen LogP contribution in [0.1, 0.15) is 18.3 Å². The van der Waals surface area contributed by atoms with Crippen molar-refractivity contribution in [2.45, 2.75) is 26.6 Å². The lowest BCUT2D eigenvalue weighted by atomic mass is 10.1. The smallest absolute Gasteiger partial charge is 0.323 e. The van der Waals surface area contributed by atoms with Crippen LogP contribution in [0.15, 0.2) is 6.07 Å². The van der Waals surface area contributed by atoms with E-state index in [0.717, 1.165) is 0 Å². The predicted octanol–water partition coefficient (Wildman–Crippen LogP) is 3.43. The number of rotatable bonds is 2. The summed E-state index contributed by atoms with van der Waals surface area (Å²) in [5.41, 5.74) is -3.36. The van der Waals surface area contributed by atoms with Gasteiger partial charge in [0, 0.05) is 6.54 Å². The van der Waals surface area contributed by atoms with Gasteiger partial charge in [-0.05, 0) is 19.9 Å². The fourth-order valence-electron chi connectivity index (χ4n) is 2.13. The molecule has 9 heteroatoms. The molecule has 0 bridgehead atoms. The first-order chi connectivity index (χ1) is 9.18.